The summed E-state index contributed by atoms with van der Waals surface area (Å²) in [6.07, 6.45) is 0.743. The summed E-state index contributed by atoms with van der Waals surface area (Å²) in [5.41, 5.74) is 0. The molecule has 0 heterocycles. The van der Waals surface area contributed by atoms with Crippen LogP contribution in [0.2, 0.25) is 0 Å². The largest absolute Gasteiger partial charge is 0.395 e. The fraction of sp³-hybridized carbons (Fsp3) is 0.800. The maximum absolute atomic E-state index is 8.30. The number of aliphatic hydroxyl groups excluding tert-OH is 1. The van der Waals surface area contributed by atoms with Gasteiger partial charge in [-0.1, -0.05) is 6.92 Å². The highest BCUT2D eigenvalue weighted by Gasteiger charge is 1.97. The number of hydrogen-bond donors (Lipinski definition) is 1. The molecule has 1 unspecified atom stereocenters. The van der Waals surface area contributed by atoms with Gasteiger partial charge in [-0.05, 0) is 6.42 Å². The van der Waals surface area contributed by atoms with Gasteiger partial charge < -0.3 is 5.11 Å². The lowest BCUT2D eigenvalue weighted by atomic mass is 10.1. The molecular weight excluding hydrogens is 90.1 g/mol. The number of hydrogen-bond acceptors (Lipinski definition) is 2. The fourth-order valence-electron chi connectivity index (χ4n) is 0.261. The molecule has 0 saturated heterocycles. The summed E-state index contributed by atoms with van der Waals surface area (Å²) in [6.45, 7) is 1.87. The third-order valence-corrected chi connectivity index (χ3v) is 0.896. The molecule has 1 N–H and O–H groups in total. The van der Waals surface area contributed by atoms with E-state index in [1.807, 2.05) is 13.0 Å². The van der Waals surface area contributed by atoms with Crippen LogP contribution in [0.1, 0.15) is 13.3 Å². The van der Waals surface area contributed by atoms with E-state index in [0.717, 1.165) is 6.42 Å². The third-order valence-electron chi connectivity index (χ3n) is 0.896. The summed E-state index contributed by atoms with van der Waals surface area (Å²) in [4.78, 5) is 0. The number of nitrogens with zero attached hydrogens (tertiary/aromatic N) is 1. The van der Waals surface area contributed by atoms with Crippen LogP contribution in [0.15, 0.2) is 0 Å². The minimum atomic E-state index is -0.153. The summed E-state index contributed by atoms with van der Waals surface area (Å²) in [5.74, 6) is -0.153. The molecule has 0 spiro atoms. The Labute approximate surface area is 43.4 Å². The first-order chi connectivity index (χ1) is 3.35. The number of aliphatic hydroxyl groups is 1. The van der Waals surface area contributed by atoms with Gasteiger partial charge in [0, 0.05) is 0 Å². The first-order valence-corrected chi connectivity index (χ1v) is 2.35. The molecule has 2 nitrogen and oxygen atoms in total. The highest BCUT2D eigenvalue weighted by Crippen LogP contribution is 1.95. The third kappa shape index (κ3) is 2.18. The van der Waals surface area contributed by atoms with Gasteiger partial charge in [-0.25, -0.2) is 0 Å². The van der Waals surface area contributed by atoms with E-state index >= 15 is 0 Å². The van der Waals surface area contributed by atoms with Gasteiger partial charge in [0.25, 0.3) is 0 Å². The van der Waals surface area contributed by atoms with Gasteiger partial charge >= 0.3 is 0 Å². The van der Waals surface area contributed by atoms with Crippen molar-refractivity contribution in [2.45, 2.75) is 13.3 Å². The lowest BCUT2D eigenvalue weighted by Gasteiger charge is -1.94. The molecule has 40 valence electrons. The quantitative estimate of drug-likeness (QED) is 0.548. The predicted octanol–water partition coefficient (Wildman–Crippen LogP) is 0.528. The summed E-state index contributed by atoms with van der Waals surface area (Å²) >= 11 is 0. The molecule has 0 fully saturated rings. The Kier molecular flexibility index (Phi) is 3.35. The zero-order valence-corrected chi connectivity index (χ0v) is 4.39. The Morgan fingerprint density at radius 1 is 1.86 bits per heavy atom. The fourth-order valence-corrected chi connectivity index (χ4v) is 0.261. The first kappa shape index (κ1) is 6.45. The lowest BCUT2D eigenvalue weighted by Crippen LogP contribution is -1.99. The molecule has 0 aliphatic heterocycles. The van der Waals surface area contributed by atoms with Crippen LogP contribution in [-0.2, 0) is 0 Å². The molecule has 2 heteroatoms. The minimum Gasteiger partial charge on any atom is -0.395 e. The monoisotopic (exact) mass is 99.1 g/mol. The average Bonchev–Trinajstić information content (AvgIpc) is 1.72. The Morgan fingerprint density at radius 2 is 2.43 bits per heavy atom. The molecule has 0 rings (SSSR count). The standard InChI is InChI=1S/C5H9NO/c1-2-5(3-6)4-7/h5,7H,2,4H2,1H3. The van der Waals surface area contributed by atoms with E-state index < -0.39 is 0 Å². The Morgan fingerprint density at radius 3 is 2.43 bits per heavy atom. The highest BCUT2D eigenvalue weighted by molar-refractivity contribution is 4.79. The number of nitriles is 1. The molecule has 1 atom stereocenters. The van der Waals surface area contributed by atoms with Gasteiger partial charge in [0.15, 0.2) is 0 Å². The first-order valence-electron chi connectivity index (χ1n) is 2.35. The predicted molar refractivity (Wildman–Crippen MR) is 26.5 cm³/mol. The molecule has 7 heavy (non-hydrogen) atoms. The molecule has 0 aliphatic rings. The minimum absolute atomic E-state index is 0.00694. The van der Waals surface area contributed by atoms with Crippen molar-refractivity contribution in [2.24, 2.45) is 5.92 Å². The van der Waals surface area contributed by atoms with Crippen molar-refractivity contribution in [3.05, 3.63) is 0 Å². The van der Waals surface area contributed by atoms with E-state index in [-0.39, 0.29) is 12.5 Å². The van der Waals surface area contributed by atoms with Crippen molar-refractivity contribution >= 4 is 0 Å². The average molecular weight is 99.1 g/mol. The van der Waals surface area contributed by atoms with E-state index in [1.54, 1.807) is 0 Å². The summed E-state index contributed by atoms with van der Waals surface area (Å²) in [7, 11) is 0. The van der Waals surface area contributed by atoms with Crippen molar-refractivity contribution in [1.82, 2.24) is 0 Å². The molecule has 0 saturated carbocycles. The Hall–Kier alpha value is -0.550. The zero-order chi connectivity index (χ0) is 5.70. The molecule has 0 aromatic rings. The second-order valence-corrected chi connectivity index (χ2v) is 1.42. The van der Waals surface area contributed by atoms with Gasteiger partial charge in [-0.15, -0.1) is 0 Å². The molecule has 0 bridgehead atoms. The second-order valence-electron chi connectivity index (χ2n) is 1.42. The van der Waals surface area contributed by atoms with Gasteiger partial charge in [-0.2, -0.15) is 5.26 Å². The Balaban J connectivity index is 3.23. The van der Waals surface area contributed by atoms with Crippen LogP contribution < -0.4 is 0 Å². The van der Waals surface area contributed by atoms with Crippen LogP contribution in [-0.4, -0.2) is 11.7 Å². The normalized spacial score (nSPS) is 12.7. The van der Waals surface area contributed by atoms with Gasteiger partial charge in [0.05, 0.1) is 18.6 Å². The smallest absolute Gasteiger partial charge is 0.0691 e. The summed E-state index contributed by atoms with van der Waals surface area (Å²) in [6, 6.07) is 1.95. The van der Waals surface area contributed by atoms with E-state index in [4.69, 9.17) is 10.4 Å². The molecule has 0 aromatic carbocycles. The van der Waals surface area contributed by atoms with Crippen molar-refractivity contribution in [1.29, 1.82) is 5.26 Å². The zero-order valence-electron chi connectivity index (χ0n) is 4.39. The van der Waals surface area contributed by atoms with Crippen LogP contribution in [0.5, 0.6) is 0 Å². The van der Waals surface area contributed by atoms with Crippen LogP contribution in [0.3, 0.4) is 0 Å². The molecule has 0 amide bonds. The van der Waals surface area contributed by atoms with E-state index in [2.05, 4.69) is 0 Å². The highest BCUT2D eigenvalue weighted by atomic mass is 16.3. The van der Waals surface area contributed by atoms with E-state index in [1.165, 1.54) is 0 Å². The van der Waals surface area contributed by atoms with Crippen molar-refractivity contribution in [2.75, 3.05) is 6.61 Å². The molecule has 0 aromatic heterocycles. The molecule has 0 radical (unpaired) electrons. The maximum atomic E-state index is 8.30. The van der Waals surface area contributed by atoms with Crippen molar-refractivity contribution < 1.29 is 5.11 Å². The number of rotatable bonds is 2. The van der Waals surface area contributed by atoms with Crippen molar-refractivity contribution in [3.8, 4) is 6.07 Å². The van der Waals surface area contributed by atoms with E-state index in [9.17, 15) is 0 Å². The SMILES string of the molecule is CCC(C#N)CO. The molecule has 0 aliphatic carbocycles. The summed E-state index contributed by atoms with van der Waals surface area (Å²) in [5, 5.41) is 16.4. The second kappa shape index (κ2) is 3.63. The topological polar surface area (TPSA) is 44.0 Å². The van der Waals surface area contributed by atoms with Crippen LogP contribution in [0.25, 0.3) is 0 Å². The molecular formula is C5H9NO. The summed E-state index contributed by atoms with van der Waals surface area (Å²) < 4.78 is 0. The lowest BCUT2D eigenvalue weighted by molar-refractivity contribution is 0.253. The Bertz CT molecular complexity index is 70.6. The maximum Gasteiger partial charge on any atom is 0.0691 e. The van der Waals surface area contributed by atoms with Gasteiger partial charge in [0.1, 0.15) is 0 Å². The van der Waals surface area contributed by atoms with Crippen LogP contribution >= 0.6 is 0 Å². The van der Waals surface area contributed by atoms with Crippen LogP contribution in [0.4, 0.5) is 0 Å². The van der Waals surface area contributed by atoms with Gasteiger partial charge in [-0.3, -0.25) is 0 Å². The van der Waals surface area contributed by atoms with Crippen molar-refractivity contribution in [3.63, 3.8) is 0 Å². The van der Waals surface area contributed by atoms with E-state index in [0.29, 0.717) is 0 Å². The van der Waals surface area contributed by atoms with Crippen LogP contribution in [0, 0.1) is 17.2 Å². The van der Waals surface area contributed by atoms with Gasteiger partial charge in [0.2, 0.25) is 0 Å².